The van der Waals surface area contributed by atoms with Crippen LogP contribution in [0.5, 0.6) is 0 Å². The molecule has 0 bridgehead atoms. The smallest absolute Gasteiger partial charge is 0.0931 e. The number of thiophene rings is 1. The Hall–Kier alpha value is -0.0900. The van der Waals surface area contributed by atoms with Crippen molar-refractivity contribution < 1.29 is 4.74 Å². The molecule has 1 aromatic heterocycles. The highest BCUT2D eigenvalue weighted by molar-refractivity contribution is 7.16. The van der Waals surface area contributed by atoms with E-state index >= 15 is 0 Å². The quantitative estimate of drug-likeness (QED) is 0.849. The summed E-state index contributed by atoms with van der Waals surface area (Å²) in [7, 11) is 0. The van der Waals surface area contributed by atoms with Crippen molar-refractivity contribution in [3.05, 3.63) is 21.3 Å². The van der Waals surface area contributed by atoms with Crippen molar-refractivity contribution in [2.24, 2.45) is 5.73 Å². The molecule has 2 heterocycles. The summed E-state index contributed by atoms with van der Waals surface area (Å²) in [6, 6.07) is 3.98. The lowest BCUT2D eigenvalue weighted by atomic mass is 9.89. The fraction of sp³-hybridized carbons (Fsp3) is 0.600. The molecule has 2 N–H and O–H groups in total. The molecule has 1 saturated heterocycles. The minimum absolute atomic E-state index is 0.174. The van der Waals surface area contributed by atoms with Gasteiger partial charge in [0.15, 0.2) is 0 Å². The summed E-state index contributed by atoms with van der Waals surface area (Å²) in [6.07, 6.45) is 2.99. The van der Waals surface area contributed by atoms with Gasteiger partial charge < -0.3 is 10.5 Å². The predicted molar refractivity (Wildman–Crippen MR) is 60.0 cm³/mol. The van der Waals surface area contributed by atoms with Crippen molar-refractivity contribution in [2.75, 3.05) is 13.2 Å². The van der Waals surface area contributed by atoms with Crippen LogP contribution in [0.1, 0.15) is 17.7 Å². The van der Waals surface area contributed by atoms with E-state index in [-0.39, 0.29) is 5.54 Å². The first-order valence-electron chi connectivity index (χ1n) is 4.79. The first-order valence-corrected chi connectivity index (χ1v) is 5.98. The van der Waals surface area contributed by atoms with E-state index in [4.69, 9.17) is 22.1 Å². The zero-order chi connectivity index (χ0) is 10.0. The van der Waals surface area contributed by atoms with Crippen LogP contribution in [0.2, 0.25) is 4.34 Å². The van der Waals surface area contributed by atoms with Crippen LogP contribution in [0.4, 0.5) is 0 Å². The van der Waals surface area contributed by atoms with Gasteiger partial charge in [0.1, 0.15) is 0 Å². The minimum Gasteiger partial charge on any atom is -0.380 e. The maximum Gasteiger partial charge on any atom is 0.0931 e. The molecular weight excluding hydrogens is 218 g/mol. The van der Waals surface area contributed by atoms with Gasteiger partial charge in [0.25, 0.3) is 0 Å². The second-order valence-corrected chi connectivity index (χ2v) is 5.70. The maximum absolute atomic E-state index is 6.24. The number of hydrogen-bond donors (Lipinski definition) is 1. The highest BCUT2D eigenvalue weighted by Gasteiger charge is 2.28. The van der Waals surface area contributed by atoms with E-state index in [0.29, 0.717) is 6.61 Å². The van der Waals surface area contributed by atoms with Gasteiger partial charge in [-0.05, 0) is 25.0 Å². The largest absolute Gasteiger partial charge is 0.380 e. The molecule has 4 heteroatoms. The van der Waals surface area contributed by atoms with Gasteiger partial charge in [-0.2, -0.15) is 0 Å². The predicted octanol–water partition coefficient (Wildman–Crippen LogP) is 2.45. The number of rotatable bonds is 2. The molecule has 1 unspecified atom stereocenters. The molecule has 1 aliphatic rings. The van der Waals surface area contributed by atoms with Crippen LogP contribution in [-0.4, -0.2) is 18.8 Å². The van der Waals surface area contributed by atoms with Crippen LogP contribution in [0, 0.1) is 0 Å². The topological polar surface area (TPSA) is 35.2 Å². The van der Waals surface area contributed by atoms with E-state index in [0.717, 1.165) is 30.2 Å². The van der Waals surface area contributed by atoms with Crippen molar-refractivity contribution in [3.8, 4) is 0 Å². The summed E-state index contributed by atoms with van der Waals surface area (Å²) in [5, 5.41) is 0. The third kappa shape index (κ3) is 2.48. The zero-order valence-corrected chi connectivity index (χ0v) is 9.53. The summed E-state index contributed by atoms with van der Waals surface area (Å²) in [5.41, 5.74) is 6.06. The Morgan fingerprint density at radius 2 is 2.43 bits per heavy atom. The normalized spacial score (nSPS) is 27.9. The van der Waals surface area contributed by atoms with E-state index in [9.17, 15) is 0 Å². The molecule has 0 spiro atoms. The van der Waals surface area contributed by atoms with Crippen LogP contribution >= 0.6 is 22.9 Å². The lowest BCUT2D eigenvalue weighted by molar-refractivity contribution is 0.0385. The highest BCUT2D eigenvalue weighted by Crippen LogP contribution is 2.27. The van der Waals surface area contributed by atoms with Crippen molar-refractivity contribution in [2.45, 2.75) is 24.8 Å². The van der Waals surface area contributed by atoms with Gasteiger partial charge >= 0.3 is 0 Å². The average molecular weight is 232 g/mol. The highest BCUT2D eigenvalue weighted by atomic mass is 35.5. The second kappa shape index (κ2) is 4.19. The molecule has 78 valence electrons. The van der Waals surface area contributed by atoms with Gasteiger partial charge in [-0.15, -0.1) is 11.3 Å². The van der Waals surface area contributed by atoms with Crippen molar-refractivity contribution >= 4 is 22.9 Å². The molecule has 1 fully saturated rings. The average Bonchev–Trinajstić information content (AvgIpc) is 2.51. The Bertz CT molecular complexity index is 307. The summed E-state index contributed by atoms with van der Waals surface area (Å²) in [6.45, 7) is 1.52. The molecule has 0 amide bonds. The van der Waals surface area contributed by atoms with E-state index in [2.05, 4.69) is 6.07 Å². The van der Waals surface area contributed by atoms with Crippen LogP contribution < -0.4 is 5.73 Å². The van der Waals surface area contributed by atoms with Crippen LogP contribution in [-0.2, 0) is 11.2 Å². The number of hydrogen-bond acceptors (Lipinski definition) is 3. The van der Waals surface area contributed by atoms with E-state index in [1.54, 1.807) is 11.3 Å². The van der Waals surface area contributed by atoms with E-state index in [1.807, 2.05) is 6.07 Å². The van der Waals surface area contributed by atoms with Crippen LogP contribution in [0.15, 0.2) is 12.1 Å². The van der Waals surface area contributed by atoms with Crippen molar-refractivity contribution in [1.82, 2.24) is 0 Å². The fourth-order valence-corrected chi connectivity index (χ4v) is 3.05. The Kier molecular flexibility index (Phi) is 3.12. The van der Waals surface area contributed by atoms with Gasteiger partial charge in [0, 0.05) is 23.4 Å². The summed E-state index contributed by atoms with van der Waals surface area (Å²) >= 11 is 7.48. The molecular formula is C10H14ClNOS. The molecule has 2 nitrogen and oxygen atoms in total. The second-order valence-electron chi connectivity index (χ2n) is 3.90. The molecule has 14 heavy (non-hydrogen) atoms. The monoisotopic (exact) mass is 231 g/mol. The number of ether oxygens (including phenoxy) is 1. The Balaban J connectivity index is 2.01. The third-order valence-corrected chi connectivity index (χ3v) is 3.74. The van der Waals surface area contributed by atoms with E-state index < -0.39 is 0 Å². The van der Waals surface area contributed by atoms with Gasteiger partial charge in [-0.3, -0.25) is 0 Å². The molecule has 1 atom stereocenters. The Morgan fingerprint density at radius 1 is 1.57 bits per heavy atom. The van der Waals surface area contributed by atoms with Gasteiger partial charge in [0.05, 0.1) is 10.9 Å². The fourth-order valence-electron chi connectivity index (χ4n) is 1.81. The van der Waals surface area contributed by atoms with Gasteiger partial charge in [-0.25, -0.2) is 0 Å². The SMILES string of the molecule is NC1(Cc2ccc(Cl)s2)CCCOC1. The molecule has 0 saturated carbocycles. The standard InChI is InChI=1S/C10H14ClNOS/c11-9-3-2-8(14-9)6-10(12)4-1-5-13-7-10/h2-3H,1,4-7,12H2. The molecule has 2 rings (SSSR count). The summed E-state index contributed by atoms with van der Waals surface area (Å²) < 4.78 is 6.24. The van der Waals surface area contributed by atoms with Crippen LogP contribution in [0.25, 0.3) is 0 Å². The molecule has 1 aromatic rings. The van der Waals surface area contributed by atoms with Crippen molar-refractivity contribution in [1.29, 1.82) is 0 Å². The lowest BCUT2D eigenvalue weighted by Gasteiger charge is -2.32. The van der Waals surface area contributed by atoms with Gasteiger partial charge in [0.2, 0.25) is 0 Å². The third-order valence-electron chi connectivity index (χ3n) is 2.51. The molecule has 0 aliphatic carbocycles. The number of nitrogens with two attached hydrogens (primary N) is 1. The first kappa shape index (κ1) is 10.4. The van der Waals surface area contributed by atoms with Crippen LogP contribution in [0.3, 0.4) is 0 Å². The van der Waals surface area contributed by atoms with Crippen molar-refractivity contribution in [3.63, 3.8) is 0 Å². The number of halogens is 1. The lowest BCUT2D eigenvalue weighted by Crippen LogP contribution is -2.49. The summed E-state index contributed by atoms with van der Waals surface area (Å²) in [5.74, 6) is 0. The summed E-state index contributed by atoms with van der Waals surface area (Å²) in [4.78, 5) is 1.25. The molecule has 1 aliphatic heterocycles. The first-order chi connectivity index (χ1) is 6.68. The maximum atomic E-state index is 6.24. The zero-order valence-electron chi connectivity index (χ0n) is 7.96. The Morgan fingerprint density at radius 3 is 3.00 bits per heavy atom. The minimum atomic E-state index is -0.174. The van der Waals surface area contributed by atoms with E-state index in [1.165, 1.54) is 4.88 Å². The molecule has 0 radical (unpaired) electrons. The Labute approximate surface area is 93.0 Å². The van der Waals surface area contributed by atoms with Gasteiger partial charge in [-0.1, -0.05) is 11.6 Å². The molecule has 0 aromatic carbocycles.